The smallest absolute Gasteiger partial charge is 0.339 e. The van der Waals surface area contributed by atoms with Crippen molar-refractivity contribution >= 4 is 5.97 Å². The molecule has 1 aromatic carbocycles. The van der Waals surface area contributed by atoms with Crippen LogP contribution in [0.2, 0.25) is 0 Å². The molecule has 0 fully saturated rings. The Morgan fingerprint density at radius 2 is 1.44 bits per heavy atom. The van der Waals surface area contributed by atoms with Gasteiger partial charge in [0.2, 0.25) is 0 Å². The molecule has 3 heteroatoms. The molecule has 3 nitrogen and oxygen atoms in total. The maximum atomic E-state index is 11.1. The second kappa shape index (κ2) is 3.61. The van der Waals surface area contributed by atoms with E-state index in [4.69, 9.17) is 5.11 Å². The summed E-state index contributed by atoms with van der Waals surface area (Å²) in [5.74, 6) is -1.26. The predicted molar refractivity (Wildman–Crippen MR) is 70.3 cm³/mol. The lowest BCUT2D eigenvalue weighted by molar-refractivity contribution is 0.0693. The highest BCUT2D eigenvalue weighted by Gasteiger charge is 2.34. The minimum atomic E-state index is -1.10. The average molecular weight is 246 g/mol. The summed E-state index contributed by atoms with van der Waals surface area (Å²) >= 11 is 0. The molecular weight excluding hydrogens is 228 g/mol. The number of allylic oxidation sites excluding steroid dienone is 2. The third-order valence-corrected chi connectivity index (χ3v) is 3.67. The van der Waals surface area contributed by atoms with Crippen LogP contribution in [-0.4, -0.2) is 16.2 Å². The minimum Gasteiger partial charge on any atom is -0.507 e. The zero-order chi connectivity index (χ0) is 13.7. The summed E-state index contributed by atoms with van der Waals surface area (Å²) in [7, 11) is 0. The van der Waals surface area contributed by atoms with Crippen molar-refractivity contribution in [2.24, 2.45) is 0 Å². The minimum absolute atomic E-state index is 0.0343. The lowest BCUT2D eigenvalue weighted by Gasteiger charge is -2.37. The zero-order valence-electron chi connectivity index (χ0n) is 11.1. The molecule has 0 aromatic heterocycles. The van der Waals surface area contributed by atoms with Crippen molar-refractivity contribution in [3.8, 4) is 5.75 Å². The summed E-state index contributed by atoms with van der Waals surface area (Å²) in [6.45, 7) is 8.19. The van der Waals surface area contributed by atoms with E-state index in [0.29, 0.717) is 0 Å². The van der Waals surface area contributed by atoms with Crippen LogP contribution in [0.5, 0.6) is 5.75 Å². The van der Waals surface area contributed by atoms with Gasteiger partial charge in [-0.1, -0.05) is 39.8 Å². The number of aromatic hydroxyl groups is 1. The molecule has 1 aromatic rings. The van der Waals surface area contributed by atoms with Gasteiger partial charge in [-0.15, -0.1) is 0 Å². The van der Waals surface area contributed by atoms with Gasteiger partial charge in [0.25, 0.3) is 0 Å². The van der Waals surface area contributed by atoms with Crippen LogP contribution in [0.4, 0.5) is 0 Å². The molecule has 0 atom stereocenters. The second-order valence-electron chi connectivity index (χ2n) is 6.00. The molecule has 0 amide bonds. The summed E-state index contributed by atoms with van der Waals surface area (Å²) in [5, 5.41) is 18.9. The molecule has 0 unspecified atom stereocenters. The van der Waals surface area contributed by atoms with E-state index in [1.807, 2.05) is 13.8 Å². The van der Waals surface area contributed by atoms with E-state index in [1.54, 1.807) is 12.1 Å². The molecule has 0 saturated carbocycles. The highest BCUT2D eigenvalue weighted by Crippen LogP contribution is 2.43. The molecule has 2 N–H and O–H groups in total. The Bertz CT molecular complexity index is 551. The fourth-order valence-electron chi connectivity index (χ4n) is 2.42. The number of aromatic carboxylic acids is 1. The number of carboxylic acids is 1. The van der Waals surface area contributed by atoms with Crippen molar-refractivity contribution in [1.82, 2.24) is 0 Å². The average Bonchev–Trinajstić information content (AvgIpc) is 2.24. The van der Waals surface area contributed by atoms with Crippen LogP contribution in [0.3, 0.4) is 0 Å². The van der Waals surface area contributed by atoms with Crippen molar-refractivity contribution in [2.45, 2.75) is 38.5 Å². The lowest BCUT2D eigenvalue weighted by Crippen LogP contribution is -2.29. The first-order chi connectivity index (χ1) is 8.15. The van der Waals surface area contributed by atoms with Gasteiger partial charge < -0.3 is 10.2 Å². The predicted octanol–water partition coefficient (Wildman–Crippen LogP) is 3.22. The van der Waals surface area contributed by atoms with E-state index in [-0.39, 0.29) is 22.1 Å². The quantitative estimate of drug-likeness (QED) is 0.748. The number of rotatable bonds is 1. The normalized spacial score (nSPS) is 19.3. The summed E-state index contributed by atoms with van der Waals surface area (Å²) in [6, 6.07) is 3.18. The number of hydrogen-bond donors (Lipinski definition) is 2. The van der Waals surface area contributed by atoms with Crippen LogP contribution in [0, 0.1) is 0 Å². The monoisotopic (exact) mass is 246 g/mol. The molecule has 2 rings (SSSR count). The van der Waals surface area contributed by atoms with Gasteiger partial charge >= 0.3 is 5.97 Å². The number of phenols is 1. The van der Waals surface area contributed by atoms with Crippen LogP contribution in [0.25, 0.3) is 0 Å². The van der Waals surface area contributed by atoms with Gasteiger partial charge in [0.15, 0.2) is 0 Å². The third kappa shape index (κ3) is 1.80. The number of fused-ring (bicyclic) bond motifs is 1. The largest absolute Gasteiger partial charge is 0.507 e. The molecule has 0 bridgehead atoms. The van der Waals surface area contributed by atoms with E-state index in [9.17, 15) is 9.90 Å². The first-order valence-corrected chi connectivity index (χ1v) is 5.97. The maximum absolute atomic E-state index is 11.1. The van der Waals surface area contributed by atoms with Crippen LogP contribution in [0.15, 0.2) is 24.3 Å². The van der Waals surface area contributed by atoms with E-state index < -0.39 is 5.97 Å². The molecule has 0 saturated heterocycles. The van der Waals surface area contributed by atoms with Gasteiger partial charge in [-0.25, -0.2) is 4.79 Å². The van der Waals surface area contributed by atoms with Crippen LogP contribution in [0.1, 0.15) is 49.2 Å². The standard InChI is InChI=1S/C15H18O3/c1-14(2)5-6-15(3,4)11-8-12(16)9(13(17)18)7-10(11)14/h5-8,16H,1-4H3,(H,17,18). The third-order valence-electron chi connectivity index (χ3n) is 3.67. The van der Waals surface area contributed by atoms with Crippen molar-refractivity contribution in [1.29, 1.82) is 0 Å². The molecule has 0 spiro atoms. The Labute approximate surface area is 107 Å². The number of carbonyl (C=O) groups is 1. The molecule has 1 aliphatic carbocycles. The van der Waals surface area contributed by atoms with Crippen molar-refractivity contribution in [3.63, 3.8) is 0 Å². The van der Waals surface area contributed by atoms with Crippen molar-refractivity contribution in [3.05, 3.63) is 41.0 Å². The summed E-state index contributed by atoms with van der Waals surface area (Å²) < 4.78 is 0. The zero-order valence-corrected chi connectivity index (χ0v) is 11.1. The molecule has 96 valence electrons. The molecule has 0 heterocycles. The molecule has 0 aliphatic heterocycles. The summed E-state index contributed by atoms with van der Waals surface area (Å²) in [5.41, 5.74) is 1.50. The Hall–Kier alpha value is -1.77. The highest BCUT2D eigenvalue weighted by atomic mass is 16.4. The van der Waals surface area contributed by atoms with E-state index >= 15 is 0 Å². The fourth-order valence-corrected chi connectivity index (χ4v) is 2.42. The number of hydrogen-bond acceptors (Lipinski definition) is 2. The molecule has 1 aliphatic rings. The number of benzene rings is 1. The van der Waals surface area contributed by atoms with Gasteiger partial charge in [0, 0.05) is 10.8 Å². The Morgan fingerprint density at radius 3 is 1.89 bits per heavy atom. The first-order valence-electron chi connectivity index (χ1n) is 5.97. The Kier molecular flexibility index (Phi) is 2.54. The fraction of sp³-hybridized carbons (Fsp3) is 0.400. The second-order valence-corrected chi connectivity index (χ2v) is 6.00. The SMILES string of the molecule is CC1(C)C=CC(C)(C)c2cc(C(=O)O)c(O)cc21. The van der Waals surface area contributed by atoms with Gasteiger partial charge in [-0.05, 0) is 23.3 Å². The van der Waals surface area contributed by atoms with Gasteiger partial charge in [0.1, 0.15) is 11.3 Å². The molecular formula is C15H18O3. The summed E-state index contributed by atoms with van der Waals surface area (Å²) in [4.78, 5) is 11.1. The highest BCUT2D eigenvalue weighted by molar-refractivity contribution is 5.91. The van der Waals surface area contributed by atoms with E-state index in [1.165, 1.54) is 0 Å². The molecule has 18 heavy (non-hydrogen) atoms. The van der Waals surface area contributed by atoms with Gasteiger partial charge in [-0.2, -0.15) is 0 Å². The summed E-state index contributed by atoms with van der Waals surface area (Å²) in [6.07, 6.45) is 4.20. The van der Waals surface area contributed by atoms with E-state index in [0.717, 1.165) is 11.1 Å². The molecule has 0 radical (unpaired) electrons. The van der Waals surface area contributed by atoms with Crippen LogP contribution in [-0.2, 0) is 10.8 Å². The Morgan fingerprint density at radius 1 is 1.00 bits per heavy atom. The van der Waals surface area contributed by atoms with E-state index in [2.05, 4.69) is 26.0 Å². The number of carboxylic acid groups (broad SMARTS) is 1. The van der Waals surface area contributed by atoms with Crippen LogP contribution < -0.4 is 0 Å². The lowest BCUT2D eigenvalue weighted by atomic mass is 9.67. The first kappa shape index (κ1) is 12.7. The van der Waals surface area contributed by atoms with Crippen molar-refractivity contribution < 1.29 is 15.0 Å². The van der Waals surface area contributed by atoms with Crippen molar-refractivity contribution in [2.75, 3.05) is 0 Å². The van der Waals surface area contributed by atoms with Gasteiger partial charge in [0.05, 0.1) is 0 Å². The van der Waals surface area contributed by atoms with Gasteiger partial charge in [-0.3, -0.25) is 0 Å². The maximum Gasteiger partial charge on any atom is 0.339 e. The topological polar surface area (TPSA) is 57.5 Å². The Balaban J connectivity index is 2.77. The van der Waals surface area contributed by atoms with Crippen LogP contribution >= 0.6 is 0 Å².